The number of benzene rings is 1. The largest absolute Gasteiger partial charge is 0.366 e. The molecule has 2 heterocycles. The van der Waals surface area contributed by atoms with Gasteiger partial charge < -0.3 is 25.3 Å². The van der Waals surface area contributed by atoms with Gasteiger partial charge in [-0.2, -0.15) is 4.52 Å². The summed E-state index contributed by atoms with van der Waals surface area (Å²) in [6.07, 6.45) is 0.557. The number of aromatic nitrogens is 4. The minimum absolute atomic E-state index is 0.0619. The van der Waals surface area contributed by atoms with Gasteiger partial charge in [-0.15, -0.1) is 5.10 Å². The molecule has 3 rings (SSSR count). The molecule has 0 aliphatic heterocycles. The van der Waals surface area contributed by atoms with E-state index >= 15 is 0 Å². The second kappa shape index (κ2) is 6.61. The van der Waals surface area contributed by atoms with Gasteiger partial charge in [0, 0.05) is 17.0 Å². The zero-order valence-corrected chi connectivity index (χ0v) is 15.1. The first-order valence-corrected chi connectivity index (χ1v) is 10.6. The predicted octanol–water partition coefficient (Wildman–Crippen LogP) is -0.172. The molecule has 1 aromatic carbocycles. The third kappa shape index (κ3) is 3.67. The van der Waals surface area contributed by atoms with Crippen LogP contribution in [0.25, 0.3) is 22.1 Å². The number of fused-ring (bicyclic) bond motifs is 3. The van der Waals surface area contributed by atoms with Crippen molar-refractivity contribution in [2.75, 3.05) is 0 Å². The number of hydrogen-bond donors (Lipinski definition) is 5. The minimum Gasteiger partial charge on any atom is -0.366 e. The van der Waals surface area contributed by atoms with Gasteiger partial charge in [-0.3, -0.25) is 13.9 Å². The van der Waals surface area contributed by atoms with Crippen molar-refractivity contribution in [3.63, 3.8) is 0 Å². The zero-order valence-electron chi connectivity index (χ0n) is 13.3. The third-order valence-corrected chi connectivity index (χ3v) is 7.34. The Morgan fingerprint density at radius 1 is 1.15 bits per heavy atom. The lowest BCUT2D eigenvalue weighted by Gasteiger charge is -2.23. The second-order valence-corrected chi connectivity index (χ2v) is 9.38. The maximum absolute atomic E-state index is 11.9. The summed E-state index contributed by atoms with van der Waals surface area (Å²) in [5, 5.41) is 8.90. The molecule has 27 heavy (non-hydrogen) atoms. The molecule has 0 unspecified atom stereocenters. The third-order valence-electron chi connectivity index (χ3n) is 3.70. The number of primary amides is 1. The lowest BCUT2D eigenvalue weighted by Crippen LogP contribution is -2.16. The highest BCUT2D eigenvalue weighted by Crippen LogP contribution is 2.64. The van der Waals surface area contributed by atoms with Crippen molar-refractivity contribution in [1.82, 2.24) is 20.0 Å². The molecular weight excluding hydrogens is 400 g/mol. The molecule has 0 saturated heterocycles. The molecule has 142 valence electrons. The molecule has 0 radical (unpaired) electrons. The van der Waals surface area contributed by atoms with Crippen molar-refractivity contribution in [3.8, 4) is 0 Å². The molecule has 3 aromatic rings. The first-order valence-electron chi connectivity index (χ1n) is 7.22. The molecular formula is C13H13N5O7P2. The van der Waals surface area contributed by atoms with Gasteiger partial charge in [0.15, 0.2) is 11.0 Å². The Morgan fingerprint density at radius 2 is 1.78 bits per heavy atom. The van der Waals surface area contributed by atoms with E-state index in [4.69, 9.17) is 5.73 Å². The number of hydrogen-bond acceptors (Lipinski definition) is 6. The van der Waals surface area contributed by atoms with Crippen LogP contribution in [0.2, 0.25) is 0 Å². The van der Waals surface area contributed by atoms with E-state index < -0.39 is 32.1 Å². The molecule has 0 saturated carbocycles. The first-order chi connectivity index (χ1) is 12.5. The van der Waals surface area contributed by atoms with E-state index in [1.807, 2.05) is 0 Å². The molecule has 6 N–H and O–H groups in total. The van der Waals surface area contributed by atoms with Gasteiger partial charge in [0.1, 0.15) is 0 Å². The zero-order chi connectivity index (χ0) is 20.0. The summed E-state index contributed by atoms with van der Waals surface area (Å²) in [6, 6.07) is 8.05. The van der Waals surface area contributed by atoms with Crippen LogP contribution >= 0.6 is 15.2 Å². The molecule has 2 aromatic heterocycles. The first kappa shape index (κ1) is 19.3. The molecule has 0 atom stereocenters. The van der Waals surface area contributed by atoms with Gasteiger partial charge in [0.05, 0.1) is 5.52 Å². The summed E-state index contributed by atoms with van der Waals surface area (Å²) >= 11 is 0. The lowest BCUT2D eigenvalue weighted by molar-refractivity contribution is -0.113. The smallest absolute Gasteiger partial charge is 0.345 e. The summed E-state index contributed by atoms with van der Waals surface area (Å²) < 4.78 is 24.9. The predicted molar refractivity (Wildman–Crippen MR) is 93.3 cm³/mol. The van der Waals surface area contributed by atoms with E-state index in [9.17, 15) is 33.5 Å². The fourth-order valence-electron chi connectivity index (χ4n) is 2.76. The molecule has 14 heteroatoms. The Morgan fingerprint density at radius 3 is 2.37 bits per heavy atom. The van der Waals surface area contributed by atoms with Crippen molar-refractivity contribution in [3.05, 3.63) is 42.0 Å². The number of para-hydroxylation sites is 1. The molecule has 0 bridgehead atoms. The molecule has 12 nitrogen and oxygen atoms in total. The quantitative estimate of drug-likeness (QED) is 0.276. The topological polar surface area (TPSA) is 201 Å². The maximum atomic E-state index is 11.9. The van der Waals surface area contributed by atoms with E-state index in [1.165, 1.54) is 10.6 Å². The number of amides is 1. The Hall–Kier alpha value is -2.46. The second-order valence-electron chi connectivity index (χ2n) is 5.59. The van der Waals surface area contributed by atoms with Crippen LogP contribution in [0, 0.1) is 0 Å². The normalized spacial score (nSPS) is 13.6. The van der Waals surface area contributed by atoms with Crippen LogP contribution in [-0.2, 0) is 13.9 Å². The van der Waals surface area contributed by atoms with E-state index in [0.717, 1.165) is 0 Å². The highest BCUT2D eigenvalue weighted by atomic mass is 31.2. The van der Waals surface area contributed by atoms with Gasteiger partial charge in [-0.25, -0.2) is 0 Å². The van der Waals surface area contributed by atoms with Gasteiger partial charge in [0.2, 0.25) is 5.91 Å². The minimum atomic E-state index is -5.41. The van der Waals surface area contributed by atoms with E-state index in [-0.39, 0.29) is 11.2 Å². The van der Waals surface area contributed by atoms with Crippen LogP contribution in [0.15, 0.2) is 36.4 Å². The number of carbonyl (C=O) groups excluding carboxylic acids is 1. The van der Waals surface area contributed by atoms with Crippen molar-refractivity contribution in [1.29, 1.82) is 0 Å². The highest BCUT2D eigenvalue weighted by Gasteiger charge is 2.47. The number of carbonyl (C=O) groups is 1. The van der Waals surface area contributed by atoms with Crippen LogP contribution < -0.4 is 5.73 Å². The number of nitrogens with zero attached hydrogens (tertiary/aromatic N) is 4. The fourth-order valence-corrected chi connectivity index (χ4v) is 5.47. The molecule has 0 fully saturated rings. The Kier molecular flexibility index (Phi) is 4.73. The lowest BCUT2D eigenvalue weighted by atomic mass is 10.1. The van der Waals surface area contributed by atoms with Crippen molar-refractivity contribution in [2.24, 2.45) is 5.73 Å². The summed E-state index contributed by atoms with van der Waals surface area (Å²) in [5.41, 5.74) is 4.77. The number of tetrazole rings is 1. The van der Waals surface area contributed by atoms with Crippen molar-refractivity contribution in [2.45, 2.75) is 5.40 Å². The van der Waals surface area contributed by atoms with Gasteiger partial charge in [-0.05, 0) is 28.1 Å². The average Bonchev–Trinajstić information content (AvgIpc) is 3.00. The van der Waals surface area contributed by atoms with Crippen LogP contribution in [0.1, 0.15) is 5.56 Å². The van der Waals surface area contributed by atoms with E-state index in [1.54, 1.807) is 24.3 Å². The van der Waals surface area contributed by atoms with Gasteiger partial charge in [-0.1, -0.05) is 18.2 Å². The maximum Gasteiger partial charge on any atom is 0.345 e. The average molecular weight is 413 g/mol. The molecule has 0 aliphatic carbocycles. The fraction of sp³-hybridized carbons (Fsp3) is 0.0769. The number of allylic oxidation sites excluding steroid dienone is 1. The summed E-state index contributed by atoms with van der Waals surface area (Å²) in [6.45, 7) is 0. The monoisotopic (exact) mass is 413 g/mol. The Balaban J connectivity index is 2.44. The van der Waals surface area contributed by atoms with Crippen molar-refractivity contribution >= 4 is 43.2 Å². The van der Waals surface area contributed by atoms with Crippen molar-refractivity contribution < 1.29 is 33.5 Å². The summed E-state index contributed by atoms with van der Waals surface area (Å²) in [5.74, 6) is -1.16. The Labute approximate surface area is 150 Å². The van der Waals surface area contributed by atoms with Crippen LogP contribution in [0.4, 0.5) is 0 Å². The highest BCUT2D eigenvalue weighted by molar-refractivity contribution is 7.71. The SMILES string of the molecule is NC(=O)/C=C(\c1cc2ccccc2n2nnnc12)C(P(=O)(O)O)P(=O)(O)O. The van der Waals surface area contributed by atoms with Crippen LogP contribution in [0.3, 0.4) is 0 Å². The van der Waals surface area contributed by atoms with E-state index in [0.29, 0.717) is 17.0 Å². The summed E-state index contributed by atoms with van der Waals surface area (Å²) in [7, 11) is -10.8. The standard InChI is InChI=1S/C13H13N5O7P2/c14-11(19)6-9(13(26(20,21)22)27(23,24)25)8-5-7-3-1-2-4-10(7)18-12(8)15-16-17-18/h1-6,13H,(H2,14,19)(H2,20,21,22)(H2,23,24,25)/b9-6+. The molecule has 0 aliphatic rings. The van der Waals surface area contributed by atoms with Crippen LogP contribution in [-0.4, -0.2) is 50.9 Å². The van der Waals surface area contributed by atoms with Gasteiger partial charge in [0.25, 0.3) is 0 Å². The Bertz CT molecular complexity index is 1160. The van der Waals surface area contributed by atoms with Gasteiger partial charge >= 0.3 is 15.2 Å². The number of pyridine rings is 1. The molecule has 0 spiro atoms. The van der Waals surface area contributed by atoms with Crippen LogP contribution in [0.5, 0.6) is 0 Å². The number of nitrogens with two attached hydrogens (primary N) is 1. The number of rotatable bonds is 5. The summed E-state index contributed by atoms with van der Waals surface area (Å²) in [4.78, 5) is 49.7. The molecule has 1 amide bonds. The van der Waals surface area contributed by atoms with E-state index in [2.05, 4.69) is 15.5 Å².